The van der Waals surface area contributed by atoms with Crippen molar-refractivity contribution in [3.05, 3.63) is 65.4 Å². The number of imidazole rings is 1. The minimum Gasteiger partial charge on any atom is -0.325 e. The number of nitrogens with one attached hydrogen (secondary N) is 2. The van der Waals surface area contributed by atoms with Crippen molar-refractivity contribution in [2.75, 3.05) is 10.6 Å². The van der Waals surface area contributed by atoms with Crippen molar-refractivity contribution >= 4 is 23.5 Å². The number of para-hydroxylation sites is 1. The third-order valence-electron chi connectivity index (χ3n) is 5.61. The van der Waals surface area contributed by atoms with Gasteiger partial charge in [0, 0.05) is 24.7 Å². The number of hydrogen-bond acceptors (Lipinski definition) is 3. The van der Waals surface area contributed by atoms with Gasteiger partial charge < -0.3 is 9.88 Å². The molecule has 1 unspecified atom stereocenters. The van der Waals surface area contributed by atoms with Gasteiger partial charge in [-0.2, -0.15) is 0 Å². The molecule has 1 atom stereocenters. The zero-order valence-corrected chi connectivity index (χ0v) is 16.8. The minimum atomic E-state index is -0.288. The number of aromatic nitrogens is 2. The lowest BCUT2D eigenvalue weighted by Gasteiger charge is -2.10. The summed E-state index contributed by atoms with van der Waals surface area (Å²) in [5, 5.41) is 5.74. The van der Waals surface area contributed by atoms with E-state index < -0.39 is 0 Å². The first kappa shape index (κ1) is 18.9. The van der Waals surface area contributed by atoms with Crippen molar-refractivity contribution in [2.24, 2.45) is 7.05 Å². The molecule has 1 aliphatic heterocycles. The maximum absolute atomic E-state index is 12.5. The lowest BCUT2D eigenvalue weighted by molar-refractivity contribution is -0.118. The average molecular weight is 388 g/mol. The second kappa shape index (κ2) is 7.54. The van der Waals surface area contributed by atoms with Gasteiger partial charge in [-0.25, -0.2) is 4.98 Å². The Hall–Kier alpha value is -3.41. The van der Waals surface area contributed by atoms with Crippen LogP contribution in [0.25, 0.3) is 11.3 Å². The zero-order chi connectivity index (χ0) is 20.5. The molecule has 1 aliphatic rings. The number of aryl methyl sites for hydroxylation is 2. The van der Waals surface area contributed by atoms with Gasteiger partial charge in [-0.15, -0.1) is 0 Å². The lowest BCUT2D eigenvalue weighted by Crippen LogP contribution is -2.18. The van der Waals surface area contributed by atoms with E-state index in [0.29, 0.717) is 12.4 Å². The largest absolute Gasteiger partial charge is 0.325 e. The van der Waals surface area contributed by atoms with Crippen LogP contribution in [0.4, 0.5) is 11.6 Å². The van der Waals surface area contributed by atoms with Gasteiger partial charge in [-0.3, -0.25) is 14.9 Å². The number of carbonyl (C=O) groups excluding carboxylic acids is 2. The van der Waals surface area contributed by atoms with Gasteiger partial charge in [0.15, 0.2) is 0 Å². The third-order valence-corrected chi connectivity index (χ3v) is 5.61. The van der Waals surface area contributed by atoms with Crippen LogP contribution in [0, 0.1) is 13.8 Å². The van der Waals surface area contributed by atoms with Crippen LogP contribution < -0.4 is 10.6 Å². The molecule has 0 saturated carbocycles. The van der Waals surface area contributed by atoms with E-state index in [1.165, 1.54) is 11.1 Å². The molecule has 0 spiro atoms. The first-order chi connectivity index (χ1) is 13.9. The number of rotatable bonds is 5. The summed E-state index contributed by atoms with van der Waals surface area (Å²) in [7, 11) is 1.88. The first-order valence-electron chi connectivity index (χ1n) is 9.73. The molecule has 0 saturated heterocycles. The van der Waals surface area contributed by atoms with Crippen molar-refractivity contribution in [2.45, 2.75) is 32.6 Å². The summed E-state index contributed by atoms with van der Waals surface area (Å²) in [5.74, 6) is 0.0134. The van der Waals surface area contributed by atoms with E-state index in [1.54, 1.807) is 6.20 Å². The molecule has 3 aromatic rings. The van der Waals surface area contributed by atoms with Crippen molar-refractivity contribution in [3.63, 3.8) is 0 Å². The Morgan fingerprint density at radius 1 is 1.17 bits per heavy atom. The van der Waals surface area contributed by atoms with Gasteiger partial charge in [0.1, 0.15) is 0 Å². The number of anilines is 2. The Morgan fingerprint density at radius 3 is 2.76 bits per heavy atom. The zero-order valence-electron chi connectivity index (χ0n) is 16.8. The van der Waals surface area contributed by atoms with E-state index in [-0.39, 0.29) is 24.2 Å². The summed E-state index contributed by atoms with van der Waals surface area (Å²) in [6, 6.07) is 13.9. The highest BCUT2D eigenvalue weighted by Crippen LogP contribution is 2.35. The van der Waals surface area contributed by atoms with Crippen molar-refractivity contribution in [3.8, 4) is 11.3 Å². The Labute approximate surface area is 170 Å². The van der Waals surface area contributed by atoms with E-state index in [1.807, 2.05) is 35.9 Å². The molecule has 2 N–H and O–H groups in total. The molecule has 6 heteroatoms. The summed E-state index contributed by atoms with van der Waals surface area (Å²) in [6.07, 6.45) is 2.47. The number of benzene rings is 2. The van der Waals surface area contributed by atoms with Crippen molar-refractivity contribution < 1.29 is 9.59 Å². The van der Waals surface area contributed by atoms with Crippen LogP contribution in [0.5, 0.6) is 0 Å². The maximum Gasteiger partial charge on any atom is 0.232 e. The van der Waals surface area contributed by atoms with E-state index in [0.717, 1.165) is 22.5 Å². The van der Waals surface area contributed by atoms with Gasteiger partial charge in [-0.05, 0) is 49.1 Å². The quantitative estimate of drug-likeness (QED) is 0.689. The number of hydrogen-bond donors (Lipinski definition) is 2. The number of nitrogens with zero attached hydrogens (tertiary/aromatic N) is 2. The van der Waals surface area contributed by atoms with Crippen LogP contribution in [-0.2, 0) is 16.6 Å². The number of fused-ring (bicyclic) bond motifs is 1. The van der Waals surface area contributed by atoms with Gasteiger partial charge in [0.05, 0.1) is 17.8 Å². The third kappa shape index (κ3) is 3.66. The predicted molar refractivity (Wildman–Crippen MR) is 114 cm³/mol. The minimum absolute atomic E-state index is 0.0481. The molecule has 2 amide bonds. The molecule has 0 radical (unpaired) electrons. The van der Waals surface area contributed by atoms with Crippen LogP contribution >= 0.6 is 0 Å². The maximum atomic E-state index is 12.5. The summed E-state index contributed by atoms with van der Waals surface area (Å²) < 4.78 is 1.87. The van der Waals surface area contributed by atoms with Crippen LogP contribution in [0.1, 0.15) is 35.4 Å². The Balaban J connectivity index is 1.42. The van der Waals surface area contributed by atoms with E-state index in [9.17, 15) is 9.59 Å². The summed E-state index contributed by atoms with van der Waals surface area (Å²) >= 11 is 0. The Kier molecular flexibility index (Phi) is 4.92. The molecule has 6 nitrogen and oxygen atoms in total. The van der Waals surface area contributed by atoms with Gasteiger partial charge in [0.25, 0.3) is 0 Å². The van der Waals surface area contributed by atoms with Gasteiger partial charge >= 0.3 is 0 Å². The molecule has 2 aromatic carbocycles. The smallest absolute Gasteiger partial charge is 0.232 e. The molecule has 148 valence electrons. The Morgan fingerprint density at radius 2 is 1.97 bits per heavy atom. The molecule has 1 aromatic heterocycles. The summed E-state index contributed by atoms with van der Waals surface area (Å²) in [4.78, 5) is 29.1. The van der Waals surface area contributed by atoms with Gasteiger partial charge in [0.2, 0.25) is 17.8 Å². The lowest BCUT2D eigenvalue weighted by atomic mass is 9.95. The fourth-order valence-corrected chi connectivity index (χ4v) is 3.72. The van der Waals surface area contributed by atoms with Gasteiger partial charge in [-0.1, -0.05) is 30.3 Å². The molecular weight excluding hydrogens is 364 g/mol. The molecule has 2 heterocycles. The van der Waals surface area contributed by atoms with E-state index >= 15 is 0 Å². The standard InChI is InChI=1S/C23H24N4O2/c1-14-8-9-16(12-15(14)2)20-13-24-23(27(20)3)26-21(28)11-10-18-17-6-4-5-7-19(17)25-22(18)29/h4-9,12-13,18H,10-11H2,1-3H3,(H,25,29)(H,24,26,28). The highest BCUT2D eigenvalue weighted by molar-refractivity contribution is 6.03. The topological polar surface area (TPSA) is 76.0 Å². The summed E-state index contributed by atoms with van der Waals surface area (Å²) in [5.41, 5.74) is 6.24. The predicted octanol–water partition coefficient (Wildman–Crippen LogP) is 4.16. The second-order valence-electron chi connectivity index (χ2n) is 7.54. The molecular formula is C23H24N4O2. The highest BCUT2D eigenvalue weighted by atomic mass is 16.2. The van der Waals surface area contributed by atoms with Crippen LogP contribution in [0.15, 0.2) is 48.7 Å². The fourth-order valence-electron chi connectivity index (χ4n) is 3.72. The van der Waals surface area contributed by atoms with Crippen LogP contribution in [0.3, 0.4) is 0 Å². The highest BCUT2D eigenvalue weighted by Gasteiger charge is 2.30. The normalized spacial score (nSPS) is 15.1. The molecule has 0 aliphatic carbocycles. The Bertz CT molecular complexity index is 1100. The van der Waals surface area contributed by atoms with Crippen LogP contribution in [-0.4, -0.2) is 21.4 Å². The number of carbonyl (C=O) groups is 2. The molecule has 4 rings (SSSR count). The SMILES string of the molecule is Cc1ccc(-c2cnc(NC(=O)CCC3C(=O)Nc4ccccc43)n2C)cc1C. The monoisotopic (exact) mass is 388 g/mol. The summed E-state index contributed by atoms with van der Waals surface area (Å²) in [6.45, 7) is 4.16. The van der Waals surface area contributed by atoms with Crippen molar-refractivity contribution in [1.82, 2.24) is 9.55 Å². The number of amides is 2. The molecule has 0 fully saturated rings. The van der Waals surface area contributed by atoms with Crippen molar-refractivity contribution in [1.29, 1.82) is 0 Å². The fraction of sp³-hybridized carbons (Fsp3) is 0.261. The first-order valence-corrected chi connectivity index (χ1v) is 9.73. The van der Waals surface area contributed by atoms with E-state index in [4.69, 9.17) is 0 Å². The van der Waals surface area contributed by atoms with E-state index in [2.05, 4.69) is 47.7 Å². The average Bonchev–Trinajstić information content (AvgIpc) is 3.21. The molecule has 0 bridgehead atoms. The van der Waals surface area contributed by atoms with Crippen LogP contribution in [0.2, 0.25) is 0 Å². The second-order valence-corrected chi connectivity index (χ2v) is 7.54. The molecule has 29 heavy (non-hydrogen) atoms.